The largest absolute Gasteiger partial charge is 0.388 e. The standard InChI is InChI=1S/C16H28F2N2O3/c1-3-11(4-2)15(22)19-12-10-23-13(14(12)21)9-20-7-5-16(17,18)6-8-20/h11-14,21H,3-10H2,1-2H3,(H,19,22)/t12-,13-,14+/m0/s1. The topological polar surface area (TPSA) is 61.8 Å². The van der Waals surface area contributed by atoms with Gasteiger partial charge in [-0.3, -0.25) is 4.79 Å². The summed E-state index contributed by atoms with van der Waals surface area (Å²) in [5.41, 5.74) is 0. The molecule has 2 heterocycles. The maximum absolute atomic E-state index is 13.2. The molecule has 5 nitrogen and oxygen atoms in total. The monoisotopic (exact) mass is 334 g/mol. The number of rotatable bonds is 6. The molecule has 2 fully saturated rings. The molecule has 0 aromatic rings. The second-order valence-electron chi connectivity index (χ2n) is 6.65. The molecule has 0 aromatic heterocycles. The quantitative estimate of drug-likeness (QED) is 0.771. The molecule has 3 atom stereocenters. The van der Waals surface area contributed by atoms with E-state index >= 15 is 0 Å². The first-order chi connectivity index (χ1) is 10.9. The van der Waals surface area contributed by atoms with Gasteiger partial charge in [-0.05, 0) is 12.8 Å². The van der Waals surface area contributed by atoms with Crippen molar-refractivity contribution < 1.29 is 23.4 Å². The van der Waals surface area contributed by atoms with Crippen molar-refractivity contribution in [3.8, 4) is 0 Å². The Hall–Kier alpha value is -0.790. The van der Waals surface area contributed by atoms with Gasteiger partial charge in [-0.25, -0.2) is 8.78 Å². The molecule has 2 saturated heterocycles. The van der Waals surface area contributed by atoms with Crippen molar-refractivity contribution in [3.05, 3.63) is 0 Å². The summed E-state index contributed by atoms with van der Waals surface area (Å²) >= 11 is 0. The number of nitrogens with zero attached hydrogens (tertiary/aromatic N) is 1. The normalized spacial score (nSPS) is 31.5. The third kappa shape index (κ3) is 4.84. The van der Waals surface area contributed by atoms with Gasteiger partial charge >= 0.3 is 0 Å². The molecular formula is C16H28F2N2O3. The predicted molar refractivity (Wildman–Crippen MR) is 82.4 cm³/mol. The Morgan fingerprint density at radius 3 is 2.52 bits per heavy atom. The predicted octanol–water partition coefficient (Wildman–Crippen LogP) is 1.40. The molecule has 23 heavy (non-hydrogen) atoms. The highest BCUT2D eigenvalue weighted by atomic mass is 19.3. The molecule has 2 aliphatic rings. The first kappa shape index (κ1) is 18.5. The second-order valence-corrected chi connectivity index (χ2v) is 6.65. The fraction of sp³-hybridized carbons (Fsp3) is 0.938. The summed E-state index contributed by atoms with van der Waals surface area (Å²) in [6, 6.07) is -0.417. The number of alkyl halides is 2. The van der Waals surface area contributed by atoms with Crippen molar-refractivity contribution in [3.63, 3.8) is 0 Å². The van der Waals surface area contributed by atoms with E-state index in [0.29, 0.717) is 19.6 Å². The maximum atomic E-state index is 13.2. The number of nitrogens with one attached hydrogen (secondary N) is 1. The number of carbonyl (C=O) groups is 1. The van der Waals surface area contributed by atoms with Crippen molar-refractivity contribution >= 4 is 5.91 Å². The van der Waals surface area contributed by atoms with E-state index in [1.807, 2.05) is 18.7 Å². The molecule has 0 unspecified atom stereocenters. The zero-order chi connectivity index (χ0) is 17.0. The Morgan fingerprint density at radius 2 is 1.96 bits per heavy atom. The van der Waals surface area contributed by atoms with Crippen molar-refractivity contribution in [2.24, 2.45) is 5.92 Å². The van der Waals surface area contributed by atoms with Crippen LogP contribution < -0.4 is 5.32 Å². The highest BCUT2D eigenvalue weighted by Crippen LogP contribution is 2.28. The second kappa shape index (κ2) is 7.85. The molecule has 0 radical (unpaired) electrons. The smallest absolute Gasteiger partial charge is 0.250 e. The van der Waals surface area contributed by atoms with Gasteiger partial charge in [-0.2, -0.15) is 0 Å². The Morgan fingerprint density at radius 1 is 1.35 bits per heavy atom. The van der Waals surface area contributed by atoms with Crippen LogP contribution in [0.3, 0.4) is 0 Å². The molecule has 134 valence electrons. The minimum absolute atomic E-state index is 0.0504. The molecule has 2 N–H and O–H groups in total. The Balaban J connectivity index is 1.80. The van der Waals surface area contributed by atoms with Crippen molar-refractivity contribution in [1.29, 1.82) is 0 Å². The molecule has 0 spiro atoms. The van der Waals surface area contributed by atoms with E-state index in [4.69, 9.17) is 4.74 Å². The number of halogens is 2. The molecule has 0 saturated carbocycles. The molecule has 1 amide bonds. The fourth-order valence-corrected chi connectivity index (χ4v) is 3.25. The number of aliphatic hydroxyl groups is 1. The fourth-order valence-electron chi connectivity index (χ4n) is 3.25. The van der Waals surface area contributed by atoms with Gasteiger partial charge in [-0.1, -0.05) is 13.8 Å². The number of carbonyl (C=O) groups excluding carboxylic acids is 1. The Bertz CT molecular complexity index is 395. The van der Waals surface area contributed by atoms with Crippen LogP contribution in [-0.4, -0.2) is 66.3 Å². The van der Waals surface area contributed by atoms with Crippen molar-refractivity contribution in [2.45, 2.75) is 63.7 Å². The number of amides is 1. The summed E-state index contributed by atoms with van der Waals surface area (Å²) in [6.07, 6.45) is -0.00561. The third-order valence-corrected chi connectivity index (χ3v) is 4.99. The third-order valence-electron chi connectivity index (χ3n) is 4.99. The van der Waals surface area contributed by atoms with Gasteiger partial charge in [0, 0.05) is 38.4 Å². The number of piperidine rings is 1. The van der Waals surface area contributed by atoms with Crippen LogP contribution >= 0.6 is 0 Å². The van der Waals surface area contributed by atoms with Gasteiger partial charge < -0.3 is 20.1 Å². The molecule has 0 aromatic carbocycles. The molecule has 0 bridgehead atoms. The van der Waals surface area contributed by atoms with Crippen LogP contribution in [0.15, 0.2) is 0 Å². The van der Waals surface area contributed by atoms with Crippen molar-refractivity contribution in [2.75, 3.05) is 26.2 Å². The van der Waals surface area contributed by atoms with E-state index < -0.39 is 24.2 Å². The number of ether oxygens (including phenoxy) is 1. The average Bonchev–Trinajstić information content (AvgIpc) is 2.84. The summed E-state index contributed by atoms with van der Waals surface area (Å²) in [4.78, 5) is 14.0. The Labute approximate surface area is 136 Å². The van der Waals surface area contributed by atoms with E-state index in [9.17, 15) is 18.7 Å². The van der Waals surface area contributed by atoms with Gasteiger partial charge in [0.05, 0.1) is 18.8 Å². The zero-order valence-corrected chi connectivity index (χ0v) is 13.9. The highest BCUT2D eigenvalue weighted by molar-refractivity contribution is 5.78. The molecular weight excluding hydrogens is 306 g/mol. The number of aliphatic hydroxyl groups excluding tert-OH is 1. The SMILES string of the molecule is CCC(CC)C(=O)N[C@H]1CO[C@@H](CN2CCC(F)(F)CC2)[C@@H]1O. The summed E-state index contributed by atoms with van der Waals surface area (Å²) < 4.78 is 31.9. The lowest BCUT2D eigenvalue weighted by Gasteiger charge is -2.33. The van der Waals surface area contributed by atoms with Gasteiger partial charge in [0.25, 0.3) is 5.92 Å². The molecule has 7 heteroatoms. The van der Waals surface area contributed by atoms with Crippen LogP contribution in [0.5, 0.6) is 0 Å². The van der Waals surface area contributed by atoms with Gasteiger partial charge in [-0.15, -0.1) is 0 Å². The maximum Gasteiger partial charge on any atom is 0.250 e. The van der Waals surface area contributed by atoms with Crippen molar-refractivity contribution in [1.82, 2.24) is 10.2 Å². The molecule has 0 aliphatic carbocycles. The van der Waals surface area contributed by atoms with Crippen LogP contribution in [0.25, 0.3) is 0 Å². The lowest BCUT2D eigenvalue weighted by molar-refractivity contribution is -0.126. The summed E-state index contributed by atoms with van der Waals surface area (Å²) in [5.74, 6) is -2.68. The zero-order valence-electron chi connectivity index (χ0n) is 13.9. The van der Waals surface area contributed by atoms with Gasteiger partial charge in [0.1, 0.15) is 6.10 Å². The van der Waals surface area contributed by atoms with Crippen LogP contribution in [0.2, 0.25) is 0 Å². The lowest BCUT2D eigenvalue weighted by atomic mass is 10.0. The first-order valence-electron chi connectivity index (χ1n) is 8.56. The minimum atomic E-state index is -2.57. The lowest BCUT2D eigenvalue weighted by Crippen LogP contribution is -2.49. The van der Waals surface area contributed by atoms with E-state index in [0.717, 1.165) is 12.8 Å². The van der Waals surface area contributed by atoms with Crippen LogP contribution in [0.1, 0.15) is 39.5 Å². The van der Waals surface area contributed by atoms with Crippen LogP contribution in [0, 0.1) is 5.92 Å². The van der Waals surface area contributed by atoms with Crippen LogP contribution in [0.4, 0.5) is 8.78 Å². The van der Waals surface area contributed by atoms with Gasteiger partial charge in [0.15, 0.2) is 0 Å². The van der Waals surface area contributed by atoms with E-state index in [2.05, 4.69) is 5.32 Å². The molecule has 2 aliphatic heterocycles. The summed E-state index contributed by atoms with van der Waals surface area (Å²) in [5, 5.41) is 13.2. The summed E-state index contributed by atoms with van der Waals surface area (Å²) in [7, 11) is 0. The van der Waals surface area contributed by atoms with E-state index in [1.54, 1.807) is 0 Å². The van der Waals surface area contributed by atoms with Crippen LogP contribution in [-0.2, 0) is 9.53 Å². The Kier molecular flexibility index (Phi) is 6.33. The minimum Gasteiger partial charge on any atom is -0.388 e. The number of likely N-dealkylation sites (tertiary alicyclic amines) is 1. The van der Waals surface area contributed by atoms with E-state index in [1.165, 1.54) is 0 Å². The first-order valence-corrected chi connectivity index (χ1v) is 8.56. The average molecular weight is 334 g/mol. The molecule has 2 rings (SSSR count). The number of hydrogen-bond donors (Lipinski definition) is 2. The highest BCUT2D eigenvalue weighted by Gasteiger charge is 2.40. The van der Waals surface area contributed by atoms with E-state index in [-0.39, 0.29) is 31.3 Å². The summed E-state index contributed by atoms with van der Waals surface area (Å²) in [6.45, 7) is 5.24. The number of hydrogen-bond acceptors (Lipinski definition) is 4. The van der Waals surface area contributed by atoms with Gasteiger partial charge in [0.2, 0.25) is 5.91 Å².